The van der Waals surface area contributed by atoms with E-state index in [0.717, 1.165) is 11.6 Å². The predicted octanol–water partition coefficient (Wildman–Crippen LogP) is 4.57. The Morgan fingerprint density at radius 1 is 1.21 bits per heavy atom. The van der Waals surface area contributed by atoms with Crippen LogP contribution < -0.4 is 5.32 Å². The van der Waals surface area contributed by atoms with Crippen LogP contribution >= 0.6 is 11.6 Å². The average Bonchev–Trinajstić information content (AvgIpc) is 2.66. The molecular formula is C20H19ClN2O5. The zero-order valence-electron chi connectivity index (χ0n) is 15.3. The predicted molar refractivity (Wildman–Crippen MR) is 107 cm³/mol. The number of halogens is 1. The zero-order valence-corrected chi connectivity index (χ0v) is 16.1. The highest BCUT2D eigenvalue weighted by Gasteiger charge is 2.12. The second-order valence-electron chi connectivity index (χ2n) is 6.23. The largest absolute Gasteiger partial charge is 0.452 e. The molecule has 2 aromatic rings. The highest BCUT2D eigenvalue weighted by atomic mass is 35.5. The maximum Gasteiger partial charge on any atom is 0.331 e. The molecule has 0 aliphatic heterocycles. The molecule has 0 aliphatic carbocycles. The minimum Gasteiger partial charge on any atom is -0.452 e. The second kappa shape index (κ2) is 9.66. The van der Waals surface area contributed by atoms with Crippen molar-refractivity contribution < 1.29 is 19.2 Å². The summed E-state index contributed by atoms with van der Waals surface area (Å²) >= 11 is 5.89. The van der Waals surface area contributed by atoms with Crippen LogP contribution in [0.5, 0.6) is 0 Å². The van der Waals surface area contributed by atoms with Crippen molar-refractivity contribution in [1.82, 2.24) is 0 Å². The van der Waals surface area contributed by atoms with E-state index in [4.69, 9.17) is 16.3 Å². The number of hydrogen-bond acceptors (Lipinski definition) is 5. The molecule has 0 aromatic heterocycles. The van der Waals surface area contributed by atoms with E-state index in [1.54, 1.807) is 6.08 Å². The molecule has 0 saturated carbocycles. The Balaban J connectivity index is 1.85. The number of carbonyl (C=O) groups excluding carboxylic acids is 2. The maximum atomic E-state index is 11.9. The number of carbonyl (C=O) groups is 2. The van der Waals surface area contributed by atoms with Crippen LogP contribution in [0.15, 0.2) is 48.5 Å². The van der Waals surface area contributed by atoms with E-state index in [1.807, 2.05) is 24.3 Å². The number of amides is 1. The van der Waals surface area contributed by atoms with Crippen LogP contribution in [0.4, 0.5) is 11.4 Å². The number of nitro benzene ring substituents is 1. The Bertz CT molecular complexity index is 907. The van der Waals surface area contributed by atoms with Crippen molar-refractivity contribution in [3.63, 3.8) is 0 Å². The molecule has 28 heavy (non-hydrogen) atoms. The number of ether oxygens (including phenoxy) is 1. The number of anilines is 1. The molecule has 0 aliphatic rings. The number of nitrogens with one attached hydrogen (secondary N) is 1. The van der Waals surface area contributed by atoms with Crippen LogP contribution in [0.3, 0.4) is 0 Å². The van der Waals surface area contributed by atoms with Gasteiger partial charge in [0.25, 0.3) is 11.6 Å². The monoisotopic (exact) mass is 402 g/mol. The van der Waals surface area contributed by atoms with Crippen LogP contribution in [0.1, 0.15) is 30.9 Å². The van der Waals surface area contributed by atoms with Crippen LogP contribution in [-0.2, 0) is 14.3 Å². The molecule has 0 fully saturated rings. The lowest BCUT2D eigenvalue weighted by Gasteiger charge is -2.07. The lowest BCUT2D eigenvalue weighted by atomic mass is 10.0. The number of hydrogen-bond donors (Lipinski definition) is 1. The number of rotatable bonds is 7. The van der Waals surface area contributed by atoms with Gasteiger partial charge >= 0.3 is 5.97 Å². The quantitative estimate of drug-likeness (QED) is 0.316. The molecule has 0 saturated heterocycles. The molecule has 146 valence electrons. The van der Waals surface area contributed by atoms with E-state index in [-0.39, 0.29) is 16.4 Å². The molecule has 8 heteroatoms. The Morgan fingerprint density at radius 3 is 2.46 bits per heavy atom. The van der Waals surface area contributed by atoms with Crippen LogP contribution in [0.25, 0.3) is 6.08 Å². The Hall–Kier alpha value is -3.19. The normalized spacial score (nSPS) is 10.9. The van der Waals surface area contributed by atoms with Crippen molar-refractivity contribution in [2.24, 2.45) is 0 Å². The van der Waals surface area contributed by atoms with Gasteiger partial charge in [-0.1, -0.05) is 49.7 Å². The van der Waals surface area contributed by atoms with Gasteiger partial charge < -0.3 is 10.1 Å². The number of benzene rings is 2. The minimum absolute atomic E-state index is 0.0126. The summed E-state index contributed by atoms with van der Waals surface area (Å²) in [6.07, 6.45) is 2.83. The van der Waals surface area contributed by atoms with E-state index in [9.17, 15) is 19.7 Å². The summed E-state index contributed by atoms with van der Waals surface area (Å²) in [7, 11) is 0. The van der Waals surface area contributed by atoms with Crippen LogP contribution in [-0.4, -0.2) is 23.4 Å². The van der Waals surface area contributed by atoms with Crippen molar-refractivity contribution >= 4 is 40.9 Å². The van der Waals surface area contributed by atoms with E-state index in [2.05, 4.69) is 19.2 Å². The van der Waals surface area contributed by atoms with Gasteiger partial charge in [-0.3, -0.25) is 14.9 Å². The minimum atomic E-state index is -0.669. The van der Waals surface area contributed by atoms with E-state index < -0.39 is 23.4 Å². The van der Waals surface area contributed by atoms with Gasteiger partial charge in [0.15, 0.2) is 6.61 Å². The van der Waals surface area contributed by atoms with Crippen molar-refractivity contribution in [2.75, 3.05) is 11.9 Å². The molecule has 1 amide bonds. The molecule has 0 unspecified atom stereocenters. The molecule has 0 radical (unpaired) electrons. The van der Waals surface area contributed by atoms with Gasteiger partial charge in [-0.05, 0) is 29.2 Å². The molecule has 1 N–H and O–H groups in total. The fourth-order valence-corrected chi connectivity index (χ4v) is 2.47. The number of nitrogens with zero attached hydrogens (tertiary/aromatic N) is 1. The third-order valence-corrected chi connectivity index (χ3v) is 4.11. The standard InChI is InChI=1S/C20H19ClN2O5/c1-13(2)15-6-3-14(4-7-15)5-10-20(25)28-12-19(24)22-18-9-8-16(23(26)27)11-17(18)21/h3-11,13H,12H2,1-2H3,(H,22,24)/b10-5+. The summed E-state index contributed by atoms with van der Waals surface area (Å²) in [5.74, 6) is -0.859. The van der Waals surface area contributed by atoms with Crippen molar-refractivity contribution in [2.45, 2.75) is 19.8 Å². The van der Waals surface area contributed by atoms with E-state index in [0.29, 0.717) is 5.92 Å². The van der Waals surface area contributed by atoms with Gasteiger partial charge in [0.2, 0.25) is 0 Å². The third kappa shape index (κ3) is 6.21. The summed E-state index contributed by atoms with van der Waals surface area (Å²) in [4.78, 5) is 33.7. The molecule has 0 atom stereocenters. The topological polar surface area (TPSA) is 98.5 Å². The molecule has 2 rings (SSSR count). The first kappa shape index (κ1) is 21.1. The summed E-state index contributed by atoms with van der Waals surface area (Å²) in [6, 6.07) is 11.4. The molecule has 0 bridgehead atoms. The Morgan fingerprint density at radius 2 is 1.89 bits per heavy atom. The van der Waals surface area contributed by atoms with Crippen molar-refractivity contribution in [3.05, 3.63) is 74.8 Å². The average molecular weight is 403 g/mol. The highest BCUT2D eigenvalue weighted by molar-refractivity contribution is 6.34. The fourth-order valence-electron chi connectivity index (χ4n) is 2.25. The Kier molecular flexibility index (Phi) is 7.28. The van der Waals surface area contributed by atoms with Crippen molar-refractivity contribution in [1.29, 1.82) is 0 Å². The van der Waals surface area contributed by atoms with Gasteiger partial charge in [-0.25, -0.2) is 4.79 Å². The number of esters is 1. The first-order chi connectivity index (χ1) is 13.3. The smallest absolute Gasteiger partial charge is 0.331 e. The van der Waals surface area contributed by atoms with Crippen LogP contribution in [0.2, 0.25) is 5.02 Å². The van der Waals surface area contributed by atoms with Gasteiger partial charge in [-0.2, -0.15) is 0 Å². The highest BCUT2D eigenvalue weighted by Crippen LogP contribution is 2.26. The van der Waals surface area contributed by atoms with Crippen LogP contribution in [0, 0.1) is 10.1 Å². The molecule has 0 spiro atoms. The lowest BCUT2D eigenvalue weighted by molar-refractivity contribution is -0.384. The summed E-state index contributed by atoms with van der Waals surface area (Å²) in [5, 5.41) is 13.1. The maximum absolute atomic E-state index is 11.9. The molecule has 2 aromatic carbocycles. The molecular weight excluding hydrogens is 384 g/mol. The van der Waals surface area contributed by atoms with Gasteiger partial charge in [-0.15, -0.1) is 0 Å². The summed E-state index contributed by atoms with van der Waals surface area (Å²) in [6.45, 7) is 3.68. The third-order valence-electron chi connectivity index (χ3n) is 3.80. The first-order valence-electron chi connectivity index (χ1n) is 8.45. The summed E-state index contributed by atoms with van der Waals surface area (Å²) < 4.78 is 4.87. The molecule has 7 nitrogen and oxygen atoms in total. The second-order valence-corrected chi connectivity index (χ2v) is 6.64. The van der Waals surface area contributed by atoms with Crippen molar-refractivity contribution in [3.8, 4) is 0 Å². The first-order valence-corrected chi connectivity index (χ1v) is 8.82. The van der Waals surface area contributed by atoms with E-state index in [1.165, 1.54) is 23.8 Å². The SMILES string of the molecule is CC(C)c1ccc(/C=C/C(=O)OCC(=O)Nc2ccc([N+](=O)[O-])cc2Cl)cc1. The van der Waals surface area contributed by atoms with Gasteiger partial charge in [0.05, 0.1) is 15.6 Å². The Labute approximate surface area is 167 Å². The van der Waals surface area contributed by atoms with E-state index >= 15 is 0 Å². The summed E-state index contributed by atoms with van der Waals surface area (Å²) in [5.41, 5.74) is 2.03. The number of nitro groups is 1. The number of non-ortho nitro benzene ring substituents is 1. The molecule has 0 heterocycles. The van der Waals surface area contributed by atoms with Gasteiger partial charge in [0.1, 0.15) is 0 Å². The van der Waals surface area contributed by atoms with Gasteiger partial charge in [0, 0.05) is 18.2 Å². The zero-order chi connectivity index (χ0) is 20.7. The lowest BCUT2D eigenvalue weighted by Crippen LogP contribution is -2.20. The fraction of sp³-hybridized carbons (Fsp3) is 0.200.